The van der Waals surface area contributed by atoms with Crippen LogP contribution in [0.3, 0.4) is 0 Å². The van der Waals surface area contributed by atoms with Crippen molar-refractivity contribution >= 4 is 29.4 Å². The van der Waals surface area contributed by atoms with E-state index < -0.39 is 6.17 Å². The summed E-state index contributed by atoms with van der Waals surface area (Å²) >= 11 is 0. The van der Waals surface area contributed by atoms with Gasteiger partial charge in [0.15, 0.2) is 6.17 Å². The molecule has 4 heterocycles. The smallest absolute Gasteiger partial charge is 0.279 e. The van der Waals surface area contributed by atoms with Crippen molar-refractivity contribution in [3.8, 4) is 0 Å². The number of rotatable bonds is 6. The van der Waals surface area contributed by atoms with Crippen molar-refractivity contribution in [2.45, 2.75) is 51.1 Å². The molecule has 1 aromatic carbocycles. The average Bonchev–Trinajstić information content (AvgIpc) is 3.00. The molecular formula is C28H37N5O2. The number of para-hydroxylation sites is 1. The predicted molar refractivity (Wildman–Crippen MR) is 140 cm³/mol. The highest BCUT2D eigenvalue weighted by Crippen LogP contribution is 2.30. The molecule has 4 aliphatic heterocycles. The highest BCUT2D eigenvalue weighted by molar-refractivity contribution is 6.20. The van der Waals surface area contributed by atoms with Gasteiger partial charge in [0.2, 0.25) is 5.91 Å². The lowest BCUT2D eigenvalue weighted by molar-refractivity contribution is -0.120. The summed E-state index contributed by atoms with van der Waals surface area (Å²) in [6.07, 6.45) is 13.7. The van der Waals surface area contributed by atoms with E-state index in [1.54, 1.807) is 29.3 Å². The third-order valence-electron chi connectivity index (χ3n) is 8.11. The van der Waals surface area contributed by atoms with Gasteiger partial charge < -0.3 is 4.90 Å². The van der Waals surface area contributed by atoms with Crippen molar-refractivity contribution in [1.29, 1.82) is 0 Å². The number of aliphatic imine (C=N–C) groups is 2. The number of hydrogen-bond donors (Lipinski definition) is 0. The maximum Gasteiger partial charge on any atom is 0.279 e. The molecule has 2 fully saturated rings. The number of piperidine rings is 2. The van der Waals surface area contributed by atoms with E-state index in [1.165, 1.54) is 45.2 Å². The molecule has 0 spiro atoms. The number of hydrogen-bond acceptors (Lipinski definition) is 5. The Kier molecular flexibility index (Phi) is 7.54. The van der Waals surface area contributed by atoms with Gasteiger partial charge in [-0.3, -0.25) is 24.4 Å². The van der Waals surface area contributed by atoms with Crippen molar-refractivity contribution in [1.82, 2.24) is 9.80 Å². The highest BCUT2D eigenvalue weighted by atomic mass is 16.2. The van der Waals surface area contributed by atoms with Crippen molar-refractivity contribution in [3.63, 3.8) is 0 Å². The zero-order valence-corrected chi connectivity index (χ0v) is 20.8. The van der Waals surface area contributed by atoms with E-state index in [-0.39, 0.29) is 11.8 Å². The zero-order chi connectivity index (χ0) is 24.2. The second-order valence-electron chi connectivity index (χ2n) is 10.6. The normalized spacial score (nSPS) is 24.1. The van der Waals surface area contributed by atoms with Gasteiger partial charge in [0, 0.05) is 6.21 Å². The van der Waals surface area contributed by atoms with Crippen molar-refractivity contribution in [2.24, 2.45) is 21.8 Å². The molecule has 1 aromatic rings. The van der Waals surface area contributed by atoms with Gasteiger partial charge >= 0.3 is 0 Å². The standard InChI is InChI=1S/C28H37N5O2/c1-31-16-11-21(12-17-31)6-4-7-22-13-18-32(19-14-22)20-26(34)33-25-10-3-2-8-23(25)28(35)30-24-9-5-15-29-27(24)33/h2-3,5,8-10,15,21-22,27H,4,6-7,11-14,16-20H2,1H3. The number of nitrogens with zero attached hydrogens (tertiary/aromatic N) is 5. The van der Waals surface area contributed by atoms with Crippen LogP contribution >= 0.6 is 0 Å². The van der Waals surface area contributed by atoms with E-state index in [0.29, 0.717) is 23.5 Å². The Morgan fingerprint density at radius 3 is 2.43 bits per heavy atom. The molecule has 0 radical (unpaired) electrons. The molecule has 2 saturated heterocycles. The summed E-state index contributed by atoms with van der Waals surface area (Å²) in [5, 5.41) is 0. The molecule has 0 saturated carbocycles. The lowest BCUT2D eigenvalue weighted by Crippen LogP contribution is -2.49. The van der Waals surface area contributed by atoms with Gasteiger partial charge in [-0.15, -0.1) is 0 Å². The number of dihydropyridines is 1. The van der Waals surface area contributed by atoms with Gasteiger partial charge in [0.05, 0.1) is 23.5 Å². The van der Waals surface area contributed by atoms with E-state index in [2.05, 4.69) is 26.8 Å². The first kappa shape index (κ1) is 24.1. The predicted octanol–water partition coefficient (Wildman–Crippen LogP) is 3.81. The summed E-state index contributed by atoms with van der Waals surface area (Å²) in [6, 6.07) is 7.24. The zero-order valence-electron chi connectivity index (χ0n) is 20.8. The summed E-state index contributed by atoms with van der Waals surface area (Å²) < 4.78 is 0. The fourth-order valence-electron chi connectivity index (χ4n) is 5.92. The second-order valence-corrected chi connectivity index (χ2v) is 10.6. The Morgan fingerprint density at radius 1 is 1.00 bits per heavy atom. The third kappa shape index (κ3) is 5.62. The number of carbonyl (C=O) groups excluding carboxylic acids is 2. The summed E-state index contributed by atoms with van der Waals surface area (Å²) in [6.45, 7) is 4.75. The molecule has 2 amide bonds. The van der Waals surface area contributed by atoms with Gasteiger partial charge in [0.25, 0.3) is 5.91 Å². The fourth-order valence-corrected chi connectivity index (χ4v) is 5.92. The lowest BCUT2D eigenvalue weighted by atomic mass is 9.87. The Morgan fingerprint density at radius 2 is 1.69 bits per heavy atom. The lowest BCUT2D eigenvalue weighted by Gasteiger charge is -2.35. The number of anilines is 1. The molecule has 186 valence electrons. The number of carbonyl (C=O) groups is 2. The summed E-state index contributed by atoms with van der Waals surface area (Å²) in [4.78, 5) is 41.5. The molecule has 5 rings (SSSR count). The van der Waals surface area contributed by atoms with E-state index in [0.717, 1.165) is 37.8 Å². The molecule has 7 nitrogen and oxygen atoms in total. The molecule has 0 aromatic heterocycles. The average molecular weight is 476 g/mol. The van der Waals surface area contributed by atoms with Crippen LogP contribution in [0.4, 0.5) is 5.69 Å². The third-order valence-corrected chi connectivity index (χ3v) is 8.11. The second kappa shape index (κ2) is 11.0. The van der Waals surface area contributed by atoms with E-state index in [4.69, 9.17) is 0 Å². The quantitative estimate of drug-likeness (QED) is 0.628. The number of likely N-dealkylation sites (tertiary alicyclic amines) is 2. The topological polar surface area (TPSA) is 68.6 Å². The molecule has 1 unspecified atom stereocenters. The fraction of sp³-hybridized carbons (Fsp3) is 0.571. The molecular weight excluding hydrogens is 438 g/mol. The number of allylic oxidation sites excluding steroid dienone is 1. The minimum Gasteiger partial charge on any atom is -0.306 e. The summed E-state index contributed by atoms with van der Waals surface area (Å²) in [7, 11) is 2.23. The maximum absolute atomic E-state index is 13.6. The molecule has 0 N–H and O–H groups in total. The molecule has 0 aliphatic carbocycles. The largest absolute Gasteiger partial charge is 0.306 e. The maximum atomic E-state index is 13.6. The number of amides is 2. The van der Waals surface area contributed by atoms with E-state index in [9.17, 15) is 9.59 Å². The Bertz CT molecular complexity index is 1020. The molecule has 4 aliphatic rings. The SMILES string of the molecule is CN1CCC(CCCC2CCN(CC(=O)N3c4ccccc4C(=O)N=C4C=CC=NC43)CC2)CC1. The molecule has 1 atom stereocenters. The summed E-state index contributed by atoms with van der Waals surface area (Å²) in [5.41, 5.74) is 1.57. The van der Waals surface area contributed by atoms with Gasteiger partial charge in [0.1, 0.15) is 0 Å². The Balaban J connectivity index is 1.16. The first-order chi connectivity index (χ1) is 17.1. The van der Waals surface area contributed by atoms with Crippen LogP contribution in [0.2, 0.25) is 0 Å². The monoisotopic (exact) mass is 475 g/mol. The number of fused-ring (bicyclic) bond motifs is 2. The minimum absolute atomic E-state index is 0.0296. The first-order valence-electron chi connectivity index (χ1n) is 13.2. The van der Waals surface area contributed by atoms with Gasteiger partial charge in [-0.2, -0.15) is 0 Å². The number of benzene rings is 1. The Labute approximate surface area is 208 Å². The van der Waals surface area contributed by atoms with E-state index >= 15 is 0 Å². The van der Waals surface area contributed by atoms with Gasteiger partial charge in [-0.25, -0.2) is 4.99 Å². The van der Waals surface area contributed by atoms with Crippen molar-refractivity contribution in [3.05, 3.63) is 42.0 Å². The van der Waals surface area contributed by atoms with Crippen LogP contribution in [0.1, 0.15) is 55.3 Å². The summed E-state index contributed by atoms with van der Waals surface area (Å²) in [5.74, 6) is 1.34. The van der Waals surface area contributed by atoms with Crippen LogP contribution in [0.25, 0.3) is 0 Å². The first-order valence-corrected chi connectivity index (χ1v) is 13.2. The highest BCUT2D eigenvalue weighted by Gasteiger charge is 2.35. The molecule has 35 heavy (non-hydrogen) atoms. The van der Waals surface area contributed by atoms with Crippen LogP contribution in [0.15, 0.2) is 46.4 Å². The van der Waals surface area contributed by atoms with Gasteiger partial charge in [-0.1, -0.05) is 31.4 Å². The van der Waals surface area contributed by atoms with Crippen LogP contribution < -0.4 is 4.90 Å². The van der Waals surface area contributed by atoms with Crippen LogP contribution in [-0.4, -0.2) is 79.5 Å². The van der Waals surface area contributed by atoms with Crippen LogP contribution in [0, 0.1) is 11.8 Å². The molecule has 0 bridgehead atoms. The van der Waals surface area contributed by atoms with Crippen LogP contribution in [-0.2, 0) is 4.79 Å². The molecule has 7 heteroatoms. The minimum atomic E-state index is -0.586. The van der Waals surface area contributed by atoms with Crippen LogP contribution in [0.5, 0.6) is 0 Å². The van der Waals surface area contributed by atoms with E-state index in [1.807, 2.05) is 18.2 Å². The van der Waals surface area contributed by atoms with Crippen molar-refractivity contribution in [2.75, 3.05) is 44.7 Å². The Hall–Kier alpha value is -2.64. The van der Waals surface area contributed by atoms with Crippen molar-refractivity contribution < 1.29 is 9.59 Å². The van der Waals surface area contributed by atoms with Gasteiger partial charge in [-0.05, 0) is 95.0 Å².